The summed E-state index contributed by atoms with van der Waals surface area (Å²) in [6, 6.07) is 8.44. The molecule has 124 valence electrons. The van der Waals surface area contributed by atoms with Gasteiger partial charge in [0.15, 0.2) is 0 Å². The maximum absolute atomic E-state index is 12.6. The fraction of sp³-hybridized carbons (Fsp3) is 0.438. The Bertz CT molecular complexity index is 777. The van der Waals surface area contributed by atoms with E-state index in [4.69, 9.17) is 0 Å². The van der Waals surface area contributed by atoms with Crippen molar-refractivity contribution < 1.29 is 8.42 Å². The molecule has 7 heteroatoms. The smallest absolute Gasteiger partial charge is 0.246 e. The van der Waals surface area contributed by atoms with E-state index in [0.717, 1.165) is 19.6 Å². The van der Waals surface area contributed by atoms with Gasteiger partial charge in [-0.3, -0.25) is 9.58 Å². The molecule has 1 aliphatic heterocycles. The largest absolute Gasteiger partial charge is 0.296 e. The maximum Gasteiger partial charge on any atom is 0.246 e. The molecular formula is C16H22N4O2S. The molecule has 23 heavy (non-hydrogen) atoms. The highest BCUT2D eigenvalue weighted by atomic mass is 32.2. The van der Waals surface area contributed by atoms with Gasteiger partial charge in [-0.15, -0.1) is 0 Å². The Hall–Kier alpha value is -1.70. The maximum atomic E-state index is 12.6. The van der Waals surface area contributed by atoms with E-state index < -0.39 is 10.0 Å². The van der Waals surface area contributed by atoms with Crippen LogP contribution in [0.3, 0.4) is 0 Å². The van der Waals surface area contributed by atoms with Crippen molar-refractivity contribution in [1.82, 2.24) is 19.0 Å². The molecule has 0 radical (unpaired) electrons. The summed E-state index contributed by atoms with van der Waals surface area (Å²) >= 11 is 0. The van der Waals surface area contributed by atoms with E-state index in [1.54, 1.807) is 17.5 Å². The molecular weight excluding hydrogens is 312 g/mol. The summed E-state index contributed by atoms with van der Waals surface area (Å²) in [5, 5.41) is 3.96. The van der Waals surface area contributed by atoms with Gasteiger partial charge >= 0.3 is 0 Å². The topological polar surface area (TPSA) is 58.4 Å². The number of piperazine rings is 1. The van der Waals surface area contributed by atoms with E-state index in [2.05, 4.69) is 41.2 Å². The zero-order chi connectivity index (χ0) is 16.4. The van der Waals surface area contributed by atoms with Gasteiger partial charge in [-0.25, -0.2) is 8.42 Å². The van der Waals surface area contributed by atoms with Crippen LogP contribution in [-0.2, 0) is 23.6 Å². The highest BCUT2D eigenvalue weighted by Crippen LogP contribution is 2.18. The van der Waals surface area contributed by atoms with Gasteiger partial charge in [0, 0.05) is 46.0 Å². The summed E-state index contributed by atoms with van der Waals surface area (Å²) < 4.78 is 28.2. The Morgan fingerprint density at radius 1 is 1.17 bits per heavy atom. The average Bonchev–Trinajstić information content (AvgIpc) is 2.95. The number of aryl methyl sites for hydroxylation is 2. The van der Waals surface area contributed by atoms with Crippen LogP contribution >= 0.6 is 0 Å². The zero-order valence-corrected chi connectivity index (χ0v) is 14.3. The van der Waals surface area contributed by atoms with Crippen LogP contribution in [0.15, 0.2) is 41.6 Å². The third-order valence-electron chi connectivity index (χ3n) is 4.14. The van der Waals surface area contributed by atoms with Crippen LogP contribution in [0.2, 0.25) is 0 Å². The molecule has 0 N–H and O–H groups in total. The normalized spacial score (nSPS) is 17.5. The molecule has 1 fully saturated rings. The number of rotatable bonds is 4. The van der Waals surface area contributed by atoms with Crippen LogP contribution < -0.4 is 0 Å². The van der Waals surface area contributed by atoms with Crippen molar-refractivity contribution in [2.45, 2.75) is 18.4 Å². The van der Waals surface area contributed by atoms with Crippen LogP contribution in [0.4, 0.5) is 0 Å². The molecule has 1 aromatic heterocycles. The first-order chi connectivity index (χ1) is 10.9. The lowest BCUT2D eigenvalue weighted by Crippen LogP contribution is -2.48. The van der Waals surface area contributed by atoms with Crippen molar-refractivity contribution in [2.75, 3.05) is 26.2 Å². The van der Waals surface area contributed by atoms with Gasteiger partial charge in [-0.1, -0.05) is 29.8 Å². The van der Waals surface area contributed by atoms with Gasteiger partial charge in [0.05, 0.1) is 6.20 Å². The Morgan fingerprint density at radius 2 is 1.91 bits per heavy atom. The number of hydrogen-bond donors (Lipinski definition) is 0. The first kappa shape index (κ1) is 16.2. The second-order valence-electron chi connectivity index (χ2n) is 6.02. The van der Waals surface area contributed by atoms with E-state index in [1.165, 1.54) is 22.0 Å². The fourth-order valence-corrected chi connectivity index (χ4v) is 4.29. The van der Waals surface area contributed by atoms with E-state index >= 15 is 0 Å². The molecule has 0 atom stereocenters. The zero-order valence-electron chi connectivity index (χ0n) is 13.5. The second kappa shape index (κ2) is 6.43. The van der Waals surface area contributed by atoms with Gasteiger partial charge in [-0.2, -0.15) is 9.40 Å². The predicted molar refractivity (Wildman–Crippen MR) is 88.4 cm³/mol. The molecule has 0 spiro atoms. The molecule has 6 nitrogen and oxygen atoms in total. The van der Waals surface area contributed by atoms with Gasteiger partial charge in [0.1, 0.15) is 4.90 Å². The minimum absolute atomic E-state index is 0.270. The summed E-state index contributed by atoms with van der Waals surface area (Å²) in [5.41, 5.74) is 2.52. The van der Waals surface area contributed by atoms with Gasteiger partial charge in [0.25, 0.3) is 0 Å². The highest BCUT2D eigenvalue weighted by Gasteiger charge is 2.29. The summed E-state index contributed by atoms with van der Waals surface area (Å²) in [6.07, 6.45) is 2.96. The molecule has 1 aromatic carbocycles. The SMILES string of the molecule is Cc1cccc(CN2CCN(S(=O)(=O)c3cnn(C)c3)CC2)c1. The lowest BCUT2D eigenvalue weighted by atomic mass is 10.1. The number of sulfonamides is 1. The minimum atomic E-state index is -3.42. The Morgan fingerprint density at radius 3 is 2.52 bits per heavy atom. The van der Waals surface area contributed by atoms with E-state index in [9.17, 15) is 8.42 Å². The van der Waals surface area contributed by atoms with E-state index in [0.29, 0.717) is 13.1 Å². The molecule has 1 aliphatic rings. The number of aromatic nitrogens is 2. The molecule has 2 aromatic rings. The summed E-state index contributed by atoms with van der Waals surface area (Å²) in [5.74, 6) is 0. The molecule has 2 heterocycles. The fourth-order valence-electron chi connectivity index (χ4n) is 2.88. The Balaban J connectivity index is 1.62. The van der Waals surface area contributed by atoms with Gasteiger partial charge in [-0.05, 0) is 12.5 Å². The third kappa shape index (κ3) is 3.63. The minimum Gasteiger partial charge on any atom is -0.296 e. The van der Waals surface area contributed by atoms with Gasteiger partial charge < -0.3 is 0 Å². The lowest BCUT2D eigenvalue weighted by Gasteiger charge is -2.33. The monoisotopic (exact) mass is 334 g/mol. The average molecular weight is 334 g/mol. The molecule has 1 saturated heterocycles. The van der Waals surface area contributed by atoms with Crippen molar-refractivity contribution in [3.05, 3.63) is 47.8 Å². The Kier molecular flexibility index (Phi) is 4.52. The number of hydrogen-bond acceptors (Lipinski definition) is 4. The molecule has 0 bridgehead atoms. The molecule has 0 amide bonds. The molecule has 0 saturated carbocycles. The first-order valence-electron chi connectivity index (χ1n) is 7.72. The quantitative estimate of drug-likeness (QED) is 0.844. The molecule has 0 aliphatic carbocycles. The summed E-state index contributed by atoms with van der Waals surface area (Å²) in [4.78, 5) is 2.57. The van der Waals surface area contributed by atoms with Crippen LogP contribution in [0, 0.1) is 6.92 Å². The molecule has 0 unspecified atom stereocenters. The highest BCUT2D eigenvalue weighted by molar-refractivity contribution is 7.89. The van der Waals surface area contributed by atoms with Crippen LogP contribution in [0.1, 0.15) is 11.1 Å². The Labute approximate surface area is 137 Å². The number of benzene rings is 1. The van der Waals surface area contributed by atoms with Crippen molar-refractivity contribution in [3.8, 4) is 0 Å². The van der Waals surface area contributed by atoms with Crippen molar-refractivity contribution in [2.24, 2.45) is 7.05 Å². The van der Waals surface area contributed by atoms with Crippen LogP contribution in [-0.4, -0.2) is 53.6 Å². The molecule has 3 rings (SSSR count). The van der Waals surface area contributed by atoms with E-state index in [1.807, 2.05) is 0 Å². The van der Waals surface area contributed by atoms with Crippen molar-refractivity contribution in [1.29, 1.82) is 0 Å². The second-order valence-corrected chi connectivity index (χ2v) is 7.96. The van der Waals surface area contributed by atoms with E-state index in [-0.39, 0.29) is 4.90 Å². The van der Waals surface area contributed by atoms with Gasteiger partial charge in [0.2, 0.25) is 10.0 Å². The standard InChI is InChI=1S/C16H22N4O2S/c1-14-4-3-5-15(10-14)12-19-6-8-20(9-7-19)23(21,22)16-11-17-18(2)13-16/h3-5,10-11,13H,6-9,12H2,1-2H3. The third-order valence-corrected chi connectivity index (χ3v) is 5.99. The summed E-state index contributed by atoms with van der Waals surface area (Å²) in [7, 11) is -1.70. The van der Waals surface area contributed by atoms with Crippen LogP contribution in [0.25, 0.3) is 0 Å². The first-order valence-corrected chi connectivity index (χ1v) is 9.16. The lowest BCUT2D eigenvalue weighted by molar-refractivity contribution is 0.181. The summed E-state index contributed by atoms with van der Waals surface area (Å²) in [6.45, 7) is 5.47. The van der Waals surface area contributed by atoms with Crippen molar-refractivity contribution >= 4 is 10.0 Å². The predicted octanol–water partition coefficient (Wildman–Crippen LogP) is 1.24. The number of nitrogens with zero attached hydrogens (tertiary/aromatic N) is 4. The van der Waals surface area contributed by atoms with Crippen LogP contribution in [0.5, 0.6) is 0 Å². The van der Waals surface area contributed by atoms with Crippen molar-refractivity contribution in [3.63, 3.8) is 0 Å².